The molecule has 2 heterocycles. The number of anilines is 1. The first-order chi connectivity index (χ1) is 7.72. The molecule has 0 atom stereocenters. The predicted molar refractivity (Wildman–Crippen MR) is 63.4 cm³/mol. The van der Waals surface area contributed by atoms with Crippen molar-refractivity contribution in [3.05, 3.63) is 35.6 Å². The number of nitrogens with zero attached hydrogens (tertiary/aromatic N) is 2. The standard InChI is InChI=1S/C11H10ClN3O/c1-16-10-5-8(9(12)6-15-10)7-3-2-4-14-11(7)13/h2-6H,1H3,(H2,13,14). The Labute approximate surface area is 98.0 Å². The Bertz CT molecular complexity index is 516. The van der Waals surface area contributed by atoms with Crippen LogP contribution in [0.4, 0.5) is 5.82 Å². The number of ether oxygens (including phenoxy) is 1. The van der Waals surface area contributed by atoms with Crippen molar-refractivity contribution >= 4 is 17.4 Å². The van der Waals surface area contributed by atoms with E-state index in [4.69, 9.17) is 22.1 Å². The number of halogens is 1. The molecule has 0 bridgehead atoms. The predicted octanol–water partition coefficient (Wildman–Crippen LogP) is 2.39. The van der Waals surface area contributed by atoms with Gasteiger partial charge in [0.05, 0.1) is 18.3 Å². The number of methoxy groups -OCH3 is 1. The lowest BCUT2D eigenvalue weighted by atomic mass is 10.1. The number of nitrogens with two attached hydrogens (primary N) is 1. The monoisotopic (exact) mass is 235 g/mol. The SMILES string of the molecule is COc1cc(-c2cccnc2N)c(Cl)cn1. The lowest BCUT2D eigenvalue weighted by Crippen LogP contribution is -1.95. The summed E-state index contributed by atoms with van der Waals surface area (Å²) in [6.45, 7) is 0. The van der Waals surface area contributed by atoms with E-state index >= 15 is 0 Å². The van der Waals surface area contributed by atoms with Crippen LogP contribution in [0.15, 0.2) is 30.6 Å². The van der Waals surface area contributed by atoms with Crippen LogP contribution in [0.5, 0.6) is 5.88 Å². The molecule has 0 radical (unpaired) electrons. The van der Waals surface area contributed by atoms with E-state index in [-0.39, 0.29) is 0 Å². The van der Waals surface area contributed by atoms with Gasteiger partial charge in [-0.25, -0.2) is 9.97 Å². The third-order valence-electron chi connectivity index (χ3n) is 2.17. The minimum atomic E-state index is 0.428. The Morgan fingerprint density at radius 3 is 2.81 bits per heavy atom. The van der Waals surface area contributed by atoms with Gasteiger partial charge in [0.1, 0.15) is 5.82 Å². The molecule has 2 aromatic heterocycles. The zero-order valence-corrected chi connectivity index (χ0v) is 9.40. The van der Waals surface area contributed by atoms with Crippen LogP contribution in [-0.4, -0.2) is 17.1 Å². The second kappa shape index (κ2) is 4.37. The molecule has 16 heavy (non-hydrogen) atoms. The van der Waals surface area contributed by atoms with E-state index in [2.05, 4.69) is 9.97 Å². The highest BCUT2D eigenvalue weighted by molar-refractivity contribution is 6.33. The molecular weight excluding hydrogens is 226 g/mol. The van der Waals surface area contributed by atoms with Gasteiger partial charge in [-0.2, -0.15) is 0 Å². The second-order valence-corrected chi connectivity index (χ2v) is 3.55. The van der Waals surface area contributed by atoms with Crippen LogP contribution in [-0.2, 0) is 0 Å². The molecule has 2 aromatic rings. The summed E-state index contributed by atoms with van der Waals surface area (Å²) < 4.78 is 5.04. The van der Waals surface area contributed by atoms with E-state index in [9.17, 15) is 0 Å². The Morgan fingerprint density at radius 1 is 1.31 bits per heavy atom. The molecule has 82 valence electrons. The van der Waals surface area contributed by atoms with E-state index in [0.29, 0.717) is 16.7 Å². The first kappa shape index (κ1) is 10.7. The summed E-state index contributed by atoms with van der Waals surface area (Å²) in [5, 5.41) is 0.514. The van der Waals surface area contributed by atoms with E-state index < -0.39 is 0 Å². The van der Waals surface area contributed by atoms with Gasteiger partial charge in [0.15, 0.2) is 0 Å². The van der Waals surface area contributed by atoms with Crippen LogP contribution >= 0.6 is 11.6 Å². The van der Waals surface area contributed by atoms with E-state index in [1.165, 1.54) is 6.20 Å². The minimum absolute atomic E-state index is 0.428. The van der Waals surface area contributed by atoms with Gasteiger partial charge in [-0.1, -0.05) is 11.6 Å². The fraction of sp³-hybridized carbons (Fsp3) is 0.0909. The first-order valence-electron chi connectivity index (χ1n) is 4.63. The topological polar surface area (TPSA) is 61.0 Å². The van der Waals surface area contributed by atoms with Crippen molar-refractivity contribution in [3.63, 3.8) is 0 Å². The Morgan fingerprint density at radius 2 is 2.12 bits per heavy atom. The largest absolute Gasteiger partial charge is 0.481 e. The van der Waals surface area contributed by atoms with Crippen LogP contribution in [0.1, 0.15) is 0 Å². The number of hydrogen-bond donors (Lipinski definition) is 1. The normalized spacial score (nSPS) is 10.1. The van der Waals surface area contributed by atoms with Gasteiger partial charge in [0, 0.05) is 23.4 Å². The minimum Gasteiger partial charge on any atom is -0.481 e. The summed E-state index contributed by atoms with van der Waals surface area (Å²) in [5.41, 5.74) is 7.32. The van der Waals surface area contributed by atoms with Crippen molar-refractivity contribution in [2.45, 2.75) is 0 Å². The molecule has 0 unspecified atom stereocenters. The summed E-state index contributed by atoms with van der Waals surface area (Å²) in [6.07, 6.45) is 3.16. The molecule has 0 fully saturated rings. The number of pyridine rings is 2. The van der Waals surface area contributed by atoms with Gasteiger partial charge in [0.25, 0.3) is 0 Å². The van der Waals surface area contributed by atoms with Crippen LogP contribution in [0, 0.1) is 0 Å². The summed E-state index contributed by atoms with van der Waals surface area (Å²) in [5.74, 6) is 0.917. The molecule has 2 N–H and O–H groups in total. The van der Waals surface area contributed by atoms with Gasteiger partial charge >= 0.3 is 0 Å². The second-order valence-electron chi connectivity index (χ2n) is 3.14. The fourth-order valence-electron chi connectivity index (χ4n) is 1.38. The lowest BCUT2D eigenvalue weighted by molar-refractivity contribution is 0.398. The molecule has 0 aliphatic heterocycles. The van der Waals surface area contributed by atoms with Crippen LogP contribution in [0.2, 0.25) is 5.02 Å². The quantitative estimate of drug-likeness (QED) is 0.868. The highest BCUT2D eigenvalue weighted by Crippen LogP contribution is 2.32. The van der Waals surface area contributed by atoms with Crippen LogP contribution < -0.4 is 10.5 Å². The molecule has 0 aliphatic carbocycles. The zero-order valence-electron chi connectivity index (χ0n) is 8.64. The Balaban J connectivity index is 2.59. The maximum absolute atomic E-state index is 6.06. The molecular formula is C11H10ClN3O. The van der Waals surface area contributed by atoms with Crippen LogP contribution in [0.25, 0.3) is 11.1 Å². The molecule has 0 amide bonds. The van der Waals surface area contributed by atoms with Gasteiger partial charge in [-0.15, -0.1) is 0 Å². The fourth-order valence-corrected chi connectivity index (χ4v) is 1.59. The van der Waals surface area contributed by atoms with Gasteiger partial charge in [-0.05, 0) is 12.1 Å². The van der Waals surface area contributed by atoms with Gasteiger partial charge in [0.2, 0.25) is 5.88 Å². The molecule has 2 rings (SSSR count). The molecule has 0 aromatic carbocycles. The first-order valence-corrected chi connectivity index (χ1v) is 5.00. The Kier molecular flexibility index (Phi) is 2.92. The molecule has 0 spiro atoms. The van der Waals surface area contributed by atoms with Crippen LogP contribution in [0.3, 0.4) is 0 Å². The van der Waals surface area contributed by atoms with E-state index in [1.54, 1.807) is 25.4 Å². The summed E-state index contributed by atoms with van der Waals surface area (Å²) in [4.78, 5) is 8.01. The van der Waals surface area contributed by atoms with E-state index in [1.807, 2.05) is 6.07 Å². The number of nitrogen functional groups attached to an aromatic ring is 1. The van der Waals surface area contributed by atoms with Crippen molar-refractivity contribution in [1.29, 1.82) is 0 Å². The van der Waals surface area contributed by atoms with Crippen molar-refractivity contribution in [1.82, 2.24) is 9.97 Å². The van der Waals surface area contributed by atoms with Gasteiger partial charge in [-0.3, -0.25) is 0 Å². The average Bonchev–Trinajstić information content (AvgIpc) is 2.31. The molecule has 5 heteroatoms. The average molecular weight is 236 g/mol. The number of rotatable bonds is 2. The third kappa shape index (κ3) is 1.92. The van der Waals surface area contributed by atoms with E-state index in [0.717, 1.165) is 11.1 Å². The summed E-state index contributed by atoms with van der Waals surface area (Å²) in [7, 11) is 1.55. The zero-order chi connectivity index (χ0) is 11.5. The van der Waals surface area contributed by atoms with Crippen molar-refractivity contribution in [3.8, 4) is 17.0 Å². The Hall–Kier alpha value is -1.81. The van der Waals surface area contributed by atoms with Crippen molar-refractivity contribution in [2.24, 2.45) is 0 Å². The number of aromatic nitrogens is 2. The molecule has 4 nitrogen and oxygen atoms in total. The maximum atomic E-state index is 6.06. The molecule has 0 saturated carbocycles. The van der Waals surface area contributed by atoms with Crippen molar-refractivity contribution < 1.29 is 4.74 Å². The van der Waals surface area contributed by atoms with Gasteiger partial charge < -0.3 is 10.5 Å². The highest BCUT2D eigenvalue weighted by atomic mass is 35.5. The number of hydrogen-bond acceptors (Lipinski definition) is 4. The lowest BCUT2D eigenvalue weighted by Gasteiger charge is -2.07. The maximum Gasteiger partial charge on any atom is 0.213 e. The highest BCUT2D eigenvalue weighted by Gasteiger charge is 2.09. The molecule has 0 saturated heterocycles. The smallest absolute Gasteiger partial charge is 0.213 e. The third-order valence-corrected chi connectivity index (χ3v) is 2.47. The van der Waals surface area contributed by atoms with Crippen molar-refractivity contribution in [2.75, 3.05) is 12.8 Å². The summed E-state index contributed by atoms with van der Waals surface area (Å²) >= 11 is 6.06. The summed E-state index contributed by atoms with van der Waals surface area (Å²) in [6, 6.07) is 5.38. The molecule has 0 aliphatic rings.